The summed E-state index contributed by atoms with van der Waals surface area (Å²) in [7, 11) is 3.25. The molecule has 40 heavy (non-hydrogen) atoms. The Labute approximate surface area is 236 Å². The number of nitrogens with one attached hydrogen (secondary N) is 2. The average Bonchev–Trinajstić information content (AvgIpc) is 3.39. The molecule has 4 atom stereocenters. The first-order valence-electron chi connectivity index (χ1n) is 14.0. The molecule has 8 nitrogen and oxygen atoms in total. The summed E-state index contributed by atoms with van der Waals surface area (Å²) in [5.41, 5.74) is 3.04. The number of hydrogen-bond donors (Lipinski definition) is 2. The van der Waals surface area contributed by atoms with E-state index in [0.29, 0.717) is 23.1 Å². The second-order valence-electron chi connectivity index (χ2n) is 10.8. The zero-order chi connectivity index (χ0) is 28.2. The normalized spacial score (nSPS) is 20.8. The highest BCUT2D eigenvalue weighted by atomic mass is 16.5. The highest BCUT2D eigenvalue weighted by Gasteiger charge is 2.41. The van der Waals surface area contributed by atoms with E-state index in [1.54, 1.807) is 20.4 Å². The van der Waals surface area contributed by atoms with Gasteiger partial charge in [-0.15, -0.1) is 0 Å². The van der Waals surface area contributed by atoms with Gasteiger partial charge in [0.1, 0.15) is 17.3 Å². The van der Waals surface area contributed by atoms with E-state index in [9.17, 15) is 9.59 Å². The van der Waals surface area contributed by atoms with Crippen molar-refractivity contribution in [3.63, 3.8) is 0 Å². The largest absolute Gasteiger partial charge is 0.497 e. The van der Waals surface area contributed by atoms with Crippen LogP contribution in [-0.2, 0) is 0 Å². The van der Waals surface area contributed by atoms with Crippen LogP contribution in [0.25, 0.3) is 0 Å². The molecule has 210 valence electrons. The van der Waals surface area contributed by atoms with Gasteiger partial charge in [0.15, 0.2) is 0 Å². The molecule has 2 fully saturated rings. The second-order valence-corrected chi connectivity index (χ2v) is 10.8. The van der Waals surface area contributed by atoms with Gasteiger partial charge in [-0.1, -0.05) is 18.2 Å². The summed E-state index contributed by atoms with van der Waals surface area (Å²) in [6.07, 6.45) is 5.73. The standard InChI is InChI=1S/C32H38N4O4/c1-20-27(8-5-9-29(20)40-4)32(38)35-25-17-23-7-6-16-36(28(23)18-25)30-15-12-24(19-33-30)31(37)34-21(2)22-10-13-26(39-3)14-11-22/h5,8-15,19,21,23,25,28H,6-7,16-18H2,1-4H3,(H,34,37)(H,35,38)/t21-,23?,25?,28?/m0/s1. The molecule has 1 saturated carbocycles. The number of amides is 2. The molecule has 2 aromatic carbocycles. The summed E-state index contributed by atoms with van der Waals surface area (Å²) in [5.74, 6) is 2.67. The maximum absolute atomic E-state index is 13.1. The number of rotatable bonds is 8. The lowest BCUT2D eigenvalue weighted by Crippen LogP contribution is -2.43. The number of aromatic nitrogens is 1. The van der Waals surface area contributed by atoms with Crippen LogP contribution < -0.4 is 25.0 Å². The molecule has 3 aromatic rings. The minimum atomic E-state index is -0.157. The number of pyridine rings is 1. The van der Waals surface area contributed by atoms with Crippen molar-refractivity contribution in [2.45, 2.75) is 57.7 Å². The molecular formula is C32H38N4O4. The number of piperidine rings is 1. The Morgan fingerprint density at radius 1 is 1.00 bits per heavy atom. The Balaban J connectivity index is 1.21. The van der Waals surface area contributed by atoms with Crippen LogP contribution in [0.15, 0.2) is 60.8 Å². The van der Waals surface area contributed by atoms with E-state index in [1.807, 2.05) is 68.4 Å². The monoisotopic (exact) mass is 542 g/mol. The topological polar surface area (TPSA) is 92.8 Å². The number of carbonyl (C=O) groups excluding carboxylic acids is 2. The van der Waals surface area contributed by atoms with E-state index in [1.165, 1.54) is 0 Å². The van der Waals surface area contributed by atoms with Crippen molar-refractivity contribution in [1.29, 1.82) is 0 Å². The lowest BCUT2D eigenvalue weighted by Gasteiger charge is -2.38. The number of methoxy groups -OCH3 is 2. The molecule has 1 aliphatic carbocycles. The molecule has 0 bridgehead atoms. The number of benzene rings is 2. The van der Waals surface area contributed by atoms with E-state index < -0.39 is 0 Å². The number of hydrogen-bond acceptors (Lipinski definition) is 6. The third-order valence-electron chi connectivity index (χ3n) is 8.38. The van der Waals surface area contributed by atoms with Crippen molar-refractivity contribution >= 4 is 17.6 Å². The lowest BCUT2D eigenvalue weighted by atomic mass is 9.92. The first-order valence-corrected chi connectivity index (χ1v) is 14.0. The Morgan fingerprint density at radius 3 is 2.50 bits per heavy atom. The van der Waals surface area contributed by atoms with Crippen LogP contribution in [0.3, 0.4) is 0 Å². The van der Waals surface area contributed by atoms with Gasteiger partial charge in [0.25, 0.3) is 11.8 Å². The van der Waals surface area contributed by atoms with Gasteiger partial charge >= 0.3 is 0 Å². The summed E-state index contributed by atoms with van der Waals surface area (Å²) in [5, 5.41) is 6.33. The fraction of sp³-hybridized carbons (Fsp3) is 0.406. The van der Waals surface area contributed by atoms with Crippen molar-refractivity contribution in [2.75, 3.05) is 25.7 Å². The SMILES string of the molecule is COc1ccc([C@H](C)NC(=O)c2ccc(N3CCCC4CC(NC(=O)c5cccc(OC)c5C)CC43)nc2)cc1. The number of ether oxygens (including phenoxy) is 2. The zero-order valence-electron chi connectivity index (χ0n) is 23.6. The van der Waals surface area contributed by atoms with Crippen molar-refractivity contribution < 1.29 is 19.1 Å². The molecule has 0 spiro atoms. The van der Waals surface area contributed by atoms with Crippen LogP contribution in [0, 0.1) is 12.8 Å². The van der Waals surface area contributed by atoms with E-state index in [2.05, 4.69) is 15.5 Å². The summed E-state index contributed by atoms with van der Waals surface area (Å²) in [6, 6.07) is 17.3. The third kappa shape index (κ3) is 5.76. The Bertz CT molecular complexity index is 1340. The summed E-state index contributed by atoms with van der Waals surface area (Å²) in [6.45, 7) is 4.80. The molecule has 1 aromatic heterocycles. The van der Waals surface area contributed by atoms with Crippen molar-refractivity contribution in [3.8, 4) is 11.5 Å². The molecule has 5 rings (SSSR count). The molecule has 2 N–H and O–H groups in total. The number of carbonyl (C=O) groups is 2. The second kappa shape index (κ2) is 12.0. The Morgan fingerprint density at radius 2 is 1.80 bits per heavy atom. The van der Waals surface area contributed by atoms with Crippen LogP contribution in [0.5, 0.6) is 11.5 Å². The first kappa shape index (κ1) is 27.5. The molecule has 0 radical (unpaired) electrons. The third-order valence-corrected chi connectivity index (χ3v) is 8.38. The van der Waals surface area contributed by atoms with Crippen LogP contribution in [0.4, 0.5) is 5.82 Å². The number of anilines is 1. The minimum absolute atomic E-state index is 0.0519. The molecule has 3 unspecified atom stereocenters. The number of fused-ring (bicyclic) bond motifs is 1. The van der Waals surface area contributed by atoms with E-state index in [4.69, 9.17) is 14.5 Å². The van der Waals surface area contributed by atoms with Gasteiger partial charge in [-0.2, -0.15) is 0 Å². The van der Waals surface area contributed by atoms with Crippen molar-refractivity contribution in [1.82, 2.24) is 15.6 Å². The highest BCUT2D eigenvalue weighted by molar-refractivity contribution is 5.96. The van der Waals surface area contributed by atoms with Crippen LogP contribution >= 0.6 is 0 Å². The molecule has 8 heteroatoms. The molecule has 2 aliphatic rings. The maximum Gasteiger partial charge on any atom is 0.253 e. The quantitative estimate of drug-likeness (QED) is 0.413. The predicted octanol–water partition coefficient (Wildman–Crippen LogP) is 5.08. The van der Waals surface area contributed by atoms with Crippen LogP contribution in [0.1, 0.15) is 70.5 Å². The highest BCUT2D eigenvalue weighted by Crippen LogP contribution is 2.39. The Hall–Kier alpha value is -4.07. The predicted molar refractivity (Wildman–Crippen MR) is 155 cm³/mol. The fourth-order valence-corrected chi connectivity index (χ4v) is 6.18. The molecule has 1 aliphatic heterocycles. The minimum Gasteiger partial charge on any atom is -0.497 e. The zero-order valence-corrected chi connectivity index (χ0v) is 23.6. The summed E-state index contributed by atoms with van der Waals surface area (Å²) >= 11 is 0. The van der Waals surface area contributed by atoms with Gasteiger partial charge in [-0.3, -0.25) is 9.59 Å². The van der Waals surface area contributed by atoms with Gasteiger partial charge in [-0.25, -0.2) is 4.98 Å². The fourth-order valence-electron chi connectivity index (χ4n) is 6.18. The van der Waals surface area contributed by atoms with E-state index in [0.717, 1.165) is 60.7 Å². The first-order chi connectivity index (χ1) is 19.4. The van der Waals surface area contributed by atoms with Crippen LogP contribution in [0.2, 0.25) is 0 Å². The van der Waals surface area contributed by atoms with E-state index in [-0.39, 0.29) is 23.9 Å². The van der Waals surface area contributed by atoms with Gasteiger partial charge in [0.05, 0.1) is 25.8 Å². The van der Waals surface area contributed by atoms with Gasteiger partial charge in [-0.05, 0) is 87.4 Å². The molecular weight excluding hydrogens is 504 g/mol. The summed E-state index contributed by atoms with van der Waals surface area (Å²) in [4.78, 5) is 33.1. The summed E-state index contributed by atoms with van der Waals surface area (Å²) < 4.78 is 10.6. The van der Waals surface area contributed by atoms with Crippen molar-refractivity contribution in [2.24, 2.45) is 5.92 Å². The van der Waals surface area contributed by atoms with E-state index >= 15 is 0 Å². The Kier molecular flexibility index (Phi) is 8.24. The molecule has 2 amide bonds. The smallest absolute Gasteiger partial charge is 0.253 e. The van der Waals surface area contributed by atoms with Crippen LogP contribution in [-0.4, -0.2) is 49.6 Å². The van der Waals surface area contributed by atoms with Gasteiger partial charge in [0.2, 0.25) is 0 Å². The van der Waals surface area contributed by atoms with Crippen molar-refractivity contribution in [3.05, 3.63) is 83.0 Å². The maximum atomic E-state index is 13.1. The average molecular weight is 543 g/mol. The molecule has 2 heterocycles. The molecule has 1 saturated heterocycles. The van der Waals surface area contributed by atoms with Gasteiger partial charge < -0.3 is 25.0 Å². The lowest BCUT2D eigenvalue weighted by molar-refractivity contribution is 0.0929. The van der Waals surface area contributed by atoms with Gasteiger partial charge in [0, 0.05) is 36.0 Å². The number of nitrogens with zero attached hydrogens (tertiary/aromatic N) is 2.